The monoisotopic (exact) mass is 430 g/mol. The van der Waals surface area contributed by atoms with Gasteiger partial charge in [0.1, 0.15) is 11.6 Å². The zero-order valence-electron chi connectivity index (χ0n) is 17.6. The van der Waals surface area contributed by atoms with Crippen molar-refractivity contribution in [1.29, 1.82) is 0 Å². The van der Waals surface area contributed by atoms with Crippen molar-refractivity contribution >= 4 is 23.5 Å². The Bertz CT molecular complexity index is 1210. The lowest BCUT2D eigenvalue weighted by molar-refractivity contribution is 0.262. The third-order valence-corrected chi connectivity index (χ3v) is 4.51. The summed E-state index contributed by atoms with van der Waals surface area (Å²) in [5.74, 6) is 2.12. The average Bonchev–Trinajstić information content (AvgIpc) is 3.27. The zero-order valence-corrected chi connectivity index (χ0v) is 17.6. The van der Waals surface area contributed by atoms with E-state index in [2.05, 4.69) is 36.0 Å². The molecule has 4 rings (SSSR count). The highest BCUT2D eigenvalue weighted by Crippen LogP contribution is 2.30. The zero-order chi connectivity index (χ0) is 22.3. The fourth-order valence-corrected chi connectivity index (χ4v) is 2.98. The summed E-state index contributed by atoms with van der Waals surface area (Å²) in [5.41, 5.74) is 2.04. The Kier molecular flexibility index (Phi) is 6.21. The number of hydrogen-bond acceptors (Lipinski definition) is 7. The van der Waals surface area contributed by atoms with Crippen LogP contribution in [-0.2, 0) is 6.54 Å². The molecule has 32 heavy (non-hydrogen) atoms. The molecule has 2 amide bonds. The predicted octanol–water partition coefficient (Wildman–Crippen LogP) is 4.23. The molecule has 0 bridgehead atoms. The van der Waals surface area contributed by atoms with Crippen molar-refractivity contribution in [2.75, 3.05) is 23.0 Å². The van der Waals surface area contributed by atoms with Crippen LogP contribution >= 0.6 is 0 Å². The molecule has 3 heterocycles. The van der Waals surface area contributed by atoms with Crippen LogP contribution in [0, 0.1) is 0 Å². The quantitative estimate of drug-likeness (QED) is 0.401. The molecule has 0 aliphatic rings. The van der Waals surface area contributed by atoms with Crippen LogP contribution in [0.1, 0.15) is 6.92 Å². The number of ether oxygens (including phenoxy) is 1. The van der Waals surface area contributed by atoms with Crippen LogP contribution in [-0.4, -0.2) is 37.8 Å². The molecule has 0 saturated carbocycles. The van der Waals surface area contributed by atoms with Gasteiger partial charge < -0.3 is 15.4 Å². The van der Waals surface area contributed by atoms with Gasteiger partial charge in [0.2, 0.25) is 11.8 Å². The first-order valence-corrected chi connectivity index (χ1v) is 10.00. The number of rotatable bonds is 7. The molecule has 4 aromatic rings. The lowest BCUT2D eigenvalue weighted by Gasteiger charge is -2.11. The second-order valence-electron chi connectivity index (χ2n) is 6.61. The predicted molar refractivity (Wildman–Crippen MR) is 122 cm³/mol. The van der Waals surface area contributed by atoms with Crippen molar-refractivity contribution in [3.05, 3.63) is 67.1 Å². The Morgan fingerprint density at radius 3 is 2.62 bits per heavy atom. The van der Waals surface area contributed by atoms with E-state index >= 15 is 0 Å². The average molecular weight is 430 g/mol. The Morgan fingerprint density at radius 1 is 1.00 bits per heavy atom. The number of aromatic nitrogens is 5. The van der Waals surface area contributed by atoms with Crippen molar-refractivity contribution < 1.29 is 9.53 Å². The van der Waals surface area contributed by atoms with Gasteiger partial charge in [0, 0.05) is 37.7 Å². The molecule has 3 N–H and O–H groups in total. The molecular weight excluding hydrogens is 408 g/mol. The molecular formula is C22H22N8O2. The molecule has 0 saturated heterocycles. The Labute approximate surface area is 184 Å². The molecule has 1 aromatic carbocycles. The molecule has 3 aromatic heterocycles. The highest BCUT2D eigenvalue weighted by atomic mass is 16.5. The summed E-state index contributed by atoms with van der Waals surface area (Å²) in [4.78, 5) is 25.2. The maximum Gasteiger partial charge on any atom is 0.324 e. The van der Waals surface area contributed by atoms with E-state index in [1.807, 2.05) is 19.1 Å². The van der Waals surface area contributed by atoms with Crippen LogP contribution in [0.4, 0.5) is 22.2 Å². The summed E-state index contributed by atoms with van der Waals surface area (Å²) in [6, 6.07) is 13.9. The van der Waals surface area contributed by atoms with Crippen molar-refractivity contribution in [3.63, 3.8) is 0 Å². The van der Waals surface area contributed by atoms with Gasteiger partial charge in [-0.1, -0.05) is 0 Å². The van der Waals surface area contributed by atoms with Crippen LogP contribution in [0.5, 0.6) is 11.6 Å². The van der Waals surface area contributed by atoms with E-state index in [9.17, 15) is 4.79 Å². The summed E-state index contributed by atoms with van der Waals surface area (Å²) in [6.07, 6.45) is 4.96. The molecule has 0 spiro atoms. The number of anilines is 3. The first-order valence-electron chi connectivity index (χ1n) is 10.00. The molecule has 10 heteroatoms. The molecule has 10 nitrogen and oxygen atoms in total. The third kappa shape index (κ3) is 4.81. The highest BCUT2D eigenvalue weighted by molar-refractivity contribution is 5.99. The number of pyridine rings is 1. The summed E-state index contributed by atoms with van der Waals surface area (Å²) in [7, 11) is 1.76. The fourth-order valence-electron chi connectivity index (χ4n) is 2.98. The number of aryl methyl sites for hydroxylation is 1. The van der Waals surface area contributed by atoms with Crippen LogP contribution in [0.3, 0.4) is 0 Å². The van der Waals surface area contributed by atoms with E-state index in [1.54, 1.807) is 66.7 Å². The second kappa shape index (κ2) is 9.56. The second-order valence-corrected chi connectivity index (χ2v) is 6.61. The molecule has 0 unspecified atom stereocenters. The van der Waals surface area contributed by atoms with Crippen molar-refractivity contribution in [3.8, 4) is 22.9 Å². The third-order valence-electron chi connectivity index (χ3n) is 4.51. The highest BCUT2D eigenvalue weighted by Gasteiger charge is 2.11. The molecule has 0 atom stereocenters. The van der Waals surface area contributed by atoms with E-state index in [0.717, 1.165) is 5.56 Å². The number of amides is 2. The summed E-state index contributed by atoms with van der Waals surface area (Å²) < 4.78 is 7.67. The number of carbonyl (C=O) groups excluding carboxylic acids is 1. The van der Waals surface area contributed by atoms with Crippen LogP contribution < -0.4 is 20.7 Å². The van der Waals surface area contributed by atoms with E-state index in [1.165, 1.54) is 0 Å². The van der Waals surface area contributed by atoms with Gasteiger partial charge in [0.25, 0.3) is 0 Å². The number of benzene rings is 1. The molecule has 0 radical (unpaired) electrons. The van der Waals surface area contributed by atoms with Gasteiger partial charge in [-0.15, -0.1) is 0 Å². The van der Waals surface area contributed by atoms with Gasteiger partial charge in [-0.3, -0.25) is 5.32 Å². The minimum absolute atomic E-state index is 0.357. The molecule has 0 aliphatic carbocycles. The summed E-state index contributed by atoms with van der Waals surface area (Å²) >= 11 is 0. The SMILES string of the molecule is CCn1nccc1NC(=O)Nc1ccc(Oc2ncccc2-c2ccnc(NC)n2)cc1. The van der Waals surface area contributed by atoms with Crippen molar-refractivity contribution in [1.82, 2.24) is 24.7 Å². The van der Waals surface area contributed by atoms with E-state index in [-0.39, 0.29) is 6.03 Å². The Balaban J connectivity index is 1.45. The van der Waals surface area contributed by atoms with E-state index in [4.69, 9.17) is 4.74 Å². The topological polar surface area (TPSA) is 119 Å². The summed E-state index contributed by atoms with van der Waals surface area (Å²) in [5, 5.41) is 12.6. The first kappa shape index (κ1) is 20.8. The van der Waals surface area contributed by atoms with Crippen LogP contribution in [0.25, 0.3) is 11.3 Å². The van der Waals surface area contributed by atoms with E-state index < -0.39 is 0 Å². The van der Waals surface area contributed by atoms with Crippen LogP contribution in [0.2, 0.25) is 0 Å². The lowest BCUT2D eigenvalue weighted by atomic mass is 10.2. The van der Waals surface area contributed by atoms with Crippen molar-refractivity contribution in [2.45, 2.75) is 13.5 Å². The fraction of sp³-hybridized carbons (Fsp3) is 0.136. The minimum Gasteiger partial charge on any atom is -0.438 e. The number of hydrogen-bond donors (Lipinski definition) is 3. The Morgan fingerprint density at radius 2 is 1.84 bits per heavy atom. The van der Waals surface area contributed by atoms with Gasteiger partial charge in [-0.2, -0.15) is 5.10 Å². The van der Waals surface area contributed by atoms with Gasteiger partial charge in [-0.05, 0) is 49.4 Å². The number of carbonyl (C=O) groups is 1. The maximum absolute atomic E-state index is 12.3. The van der Waals surface area contributed by atoms with Gasteiger partial charge in [0.15, 0.2) is 0 Å². The molecule has 0 aliphatic heterocycles. The standard InChI is InChI=1S/C22H22N8O2/c1-3-30-19(11-14-26-30)29-22(31)27-15-6-8-16(9-7-15)32-20-17(5-4-12-24-20)18-10-13-25-21(23-2)28-18/h4-14H,3H2,1-2H3,(H,23,25,28)(H2,27,29,31). The number of nitrogens with one attached hydrogen (secondary N) is 3. The Hall–Kier alpha value is -4.47. The maximum atomic E-state index is 12.3. The molecule has 162 valence electrons. The van der Waals surface area contributed by atoms with E-state index in [0.29, 0.717) is 41.3 Å². The van der Waals surface area contributed by atoms with Crippen molar-refractivity contribution in [2.24, 2.45) is 0 Å². The largest absolute Gasteiger partial charge is 0.438 e. The number of nitrogens with zero attached hydrogens (tertiary/aromatic N) is 5. The van der Waals surface area contributed by atoms with Gasteiger partial charge in [0.05, 0.1) is 17.5 Å². The van der Waals surface area contributed by atoms with Gasteiger partial charge >= 0.3 is 6.03 Å². The lowest BCUT2D eigenvalue weighted by Crippen LogP contribution is -2.21. The smallest absolute Gasteiger partial charge is 0.324 e. The number of urea groups is 1. The van der Waals surface area contributed by atoms with Crippen LogP contribution in [0.15, 0.2) is 67.1 Å². The summed E-state index contributed by atoms with van der Waals surface area (Å²) in [6.45, 7) is 2.61. The minimum atomic E-state index is -0.357. The molecule has 0 fully saturated rings. The first-order chi connectivity index (χ1) is 15.7. The normalized spacial score (nSPS) is 10.4. The van der Waals surface area contributed by atoms with Gasteiger partial charge in [-0.25, -0.2) is 24.4 Å².